The van der Waals surface area contributed by atoms with Gasteiger partial charge in [-0.15, -0.1) is 0 Å². The van der Waals surface area contributed by atoms with E-state index in [1.807, 2.05) is 59.8 Å². The minimum Gasteiger partial charge on any atom is -0.497 e. The zero-order valence-electron chi connectivity index (χ0n) is 25.4. The zero-order chi connectivity index (χ0) is 31.6. The summed E-state index contributed by atoms with van der Waals surface area (Å²) in [6, 6.07) is 17.8. The topological polar surface area (TPSA) is 111 Å². The molecule has 0 spiro atoms. The Morgan fingerprint density at radius 1 is 0.933 bits per heavy atom. The van der Waals surface area contributed by atoms with E-state index in [1.54, 1.807) is 26.4 Å². The van der Waals surface area contributed by atoms with E-state index >= 15 is 4.79 Å². The minimum absolute atomic E-state index is 0.139. The number of carbonyl (C=O) groups excluding carboxylic acids is 2. The standard InChI is InChI=1S/C35H36FN5O4/c1-22(42)40-35(41-13-7-4-8-14-41,34(43)39-19-23-15-25(44-2)18-26(16-23)45-3)33(29-20-37-31-10-6-5-9-27(29)31)30-21-38-32-12-11-24(36)17-28(30)32/h4-7,9-12,15-18,20-21,33,37-38H,8,13-14,19H2,1-3H3,(H,39,43)(H,40,42). The number of ether oxygens (including phenoxy) is 2. The van der Waals surface area contributed by atoms with Gasteiger partial charge in [-0.1, -0.05) is 30.4 Å². The van der Waals surface area contributed by atoms with E-state index in [0.717, 1.165) is 27.5 Å². The highest BCUT2D eigenvalue weighted by atomic mass is 19.1. The second-order valence-corrected chi connectivity index (χ2v) is 11.2. The fourth-order valence-electron chi connectivity index (χ4n) is 6.48. The van der Waals surface area contributed by atoms with Crippen molar-refractivity contribution in [2.75, 3.05) is 27.3 Å². The predicted octanol–water partition coefficient (Wildman–Crippen LogP) is 5.35. The normalized spacial score (nSPS) is 15.5. The van der Waals surface area contributed by atoms with Crippen LogP contribution in [0.1, 0.15) is 36.0 Å². The van der Waals surface area contributed by atoms with Crippen molar-refractivity contribution in [3.05, 3.63) is 108 Å². The lowest BCUT2D eigenvalue weighted by Crippen LogP contribution is -2.71. The number of hydrogen-bond donors (Lipinski definition) is 4. The Labute approximate surface area is 260 Å². The van der Waals surface area contributed by atoms with Gasteiger partial charge in [0.1, 0.15) is 17.3 Å². The molecule has 3 heterocycles. The van der Waals surface area contributed by atoms with E-state index in [9.17, 15) is 9.18 Å². The number of benzene rings is 3. The van der Waals surface area contributed by atoms with Crippen molar-refractivity contribution in [1.29, 1.82) is 0 Å². The van der Waals surface area contributed by atoms with Gasteiger partial charge in [0.25, 0.3) is 5.91 Å². The third kappa shape index (κ3) is 5.64. The van der Waals surface area contributed by atoms with Crippen LogP contribution in [-0.4, -0.2) is 59.7 Å². The molecule has 10 heteroatoms. The quantitative estimate of drug-likeness (QED) is 0.160. The molecule has 3 aromatic carbocycles. The Balaban J connectivity index is 1.58. The van der Waals surface area contributed by atoms with Crippen LogP contribution in [0.15, 0.2) is 85.2 Å². The number of hydrogen-bond acceptors (Lipinski definition) is 5. The number of para-hydroxylation sites is 1. The number of nitrogens with zero attached hydrogens (tertiary/aromatic N) is 1. The van der Waals surface area contributed by atoms with Crippen LogP contribution in [-0.2, 0) is 16.1 Å². The number of amides is 2. The van der Waals surface area contributed by atoms with E-state index in [-0.39, 0.29) is 12.5 Å². The molecule has 2 aromatic heterocycles. The number of fused-ring (bicyclic) bond motifs is 2. The van der Waals surface area contributed by atoms with Crippen LogP contribution in [0.3, 0.4) is 0 Å². The summed E-state index contributed by atoms with van der Waals surface area (Å²) in [7, 11) is 3.14. The summed E-state index contributed by atoms with van der Waals surface area (Å²) in [6.45, 7) is 2.47. The summed E-state index contributed by atoms with van der Waals surface area (Å²) in [6.07, 6.45) is 8.45. The average Bonchev–Trinajstić information content (AvgIpc) is 3.67. The molecule has 0 bridgehead atoms. The van der Waals surface area contributed by atoms with E-state index in [1.165, 1.54) is 19.1 Å². The van der Waals surface area contributed by atoms with Crippen molar-refractivity contribution in [3.8, 4) is 11.5 Å². The van der Waals surface area contributed by atoms with Gasteiger partial charge in [-0.05, 0) is 59.5 Å². The molecule has 0 aliphatic carbocycles. The van der Waals surface area contributed by atoms with Gasteiger partial charge in [-0.25, -0.2) is 4.39 Å². The van der Waals surface area contributed by atoms with Gasteiger partial charge in [0.05, 0.1) is 20.1 Å². The number of H-pyrrole nitrogens is 2. The molecule has 0 radical (unpaired) electrons. The maximum Gasteiger partial charge on any atom is 0.262 e. The molecule has 9 nitrogen and oxygen atoms in total. The average molecular weight is 610 g/mol. The second-order valence-electron chi connectivity index (χ2n) is 11.2. The number of methoxy groups -OCH3 is 2. The molecule has 232 valence electrons. The first kappa shape index (κ1) is 30.0. The molecule has 1 aliphatic heterocycles. The van der Waals surface area contributed by atoms with Gasteiger partial charge in [-0.2, -0.15) is 0 Å². The van der Waals surface area contributed by atoms with E-state index in [2.05, 4.69) is 26.7 Å². The molecule has 2 atom stereocenters. The van der Waals surface area contributed by atoms with Crippen molar-refractivity contribution in [2.24, 2.45) is 0 Å². The molecular formula is C35H36FN5O4. The first-order chi connectivity index (χ1) is 21.8. The van der Waals surface area contributed by atoms with Crippen LogP contribution >= 0.6 is 0 Å². The number of carbonyl (C=O) groups is 2. The highest BCUT2D eigenvalue weighted by molar-refractivity contribution is 5.96. The summed E-state index contributed by atoms with van der Waals surface area (Å²) in [5.41, 5.74) is 2.20. The van der Waals surface area contributed by atoms with E-state index < -0.39 is 23.3 Å². The summed E-state index contributed by atoms with van der Waals surface area (Å²) in [5.74, 6) is -0.770. The maximum absolute atomic E-state index is 15.0. The lowest BCUT2D eigenvalue weighted by molar-refractivity contribution is -0.143. The van der Waals surface area contributed by atoms with Gasteiger partial charge >= 0.3 is 0 Å². The molecule has 1 aliphatic rings. The van der Waals surface area contributed by atoms with Crippen LogP contribution < -0.4 is 20.1 Å². The number of nitrogens with one attached hydrogen (secondary N) is 4. The smallest absolute Gasteiger partial charge is 0.262 e. The SMILES string of the molecule is COc1cc(CNC(=O)C(NC(C)=O)(C(c2c[nH]c3ccccc23)c2c[nH]c3ccc(F)cc23)N2CC=CCC2)cc(OC)c1. The van der Waals surface area contributed by atoms with Gasteiger partial charge < -0.3 is 30.1 Å². The van der Waals surface area contributed by atoms with Crippen LogP contribution in [0.4, 0.5) is 4.39 Å². The number of aromatic nitrogens is 2. The monoisotopic (exact) mass is 609 g/mol. The number of aromatic amines is 2. The van der Waals surface area contributed by atoms with Crippen LogP contribution in [0, 0.1) is 5.82 Å². The van der Waals surface area contributed by atoms with E-state index in [4.69, 9.17) is 9.47 Å². The summed E-state index contributed by atoms with van der Waals surface area (Å²) >= 11 is 0. The summed E-state index contributed by atoms with van der Waals surface area (Å²) in [4.78, 5) is 36.9. The van der Waals surface area contributed by atoms with Gasteiger partial charge in [-0.3, -0.25) is 14.5 Å². The molecule has 0 saturated carbocycles. The Kier molecular flexibility index (Phi) is 8.32. The second kappa shape index (κ2) is 12.5. The summed E-state index contributed by atoms with van der Waals surface area (Å²) in [5, 5.41) is 7.78. The van der Waals surface area contributed by atoms with Crippen molar-refractivity contribution < 1.29 is 23.5 Å². The van der Waals surface area contributed by atoms with Crippen molar-refractivity contribution in [2.45, 2.75) is 31.5 Å². The molecule has 45 heavy (non-hydrogen) atoms. The lowest BCUT2D eigenvalue weighted by Gasteiger charge is -2.48. The lowest BCUT2D eigenvalue weighted by atomic mass is 9.77. The first-order valence-electron chi connectivity index (χ1n) is 14.9. The van der Waals surface area contributed by atoms with Crippen LogP contribution in [0.2, 0.25) is 0 Å². The fraction of sp³-hybridized carbons (Fsp3) is 0.257. The molecule has 2 amide bonds. The largest absolute Gasteiger partial charge is 0.497 e. The molecule has 4 N–H and O–H groups in total. The van der Waals surface area contributed by atoms with Gasteiger partial charge in [0.2, 0.25) is 5.91 Å². The number of halogens is 1. The predicted molar refractivity (Wildman–Crippen MR) is 172 cm³/mol. The third-order valence-electron chi connectivity index (χ3n) is 8.47. The third-order valence-corrected chi connectivity index (χ3v) is 8.47. The summed E-state index contributed by atoms with van der Waals surface area (Å²) < 4.78 is 25.7. The molecule has 6 rings (SSSR count). The Bertz CT molecular complexity index is 1870. The highest BCUT2D eigenvalue weighted by Gasteiger charge is 2.53. The Morgan fingerprint density at radius 3 is 2.29 bits per heavy atom. The Hall–Kier alpha value is -5.09. The molecule has 5 aromatic rings. The maximum atomic E-state index is 15.0. The van der Waals surface area contributed by atoms with Crippen molar-refractivity contribution in [3.63, 3.8) is 0 Å². The molecule has 2 unspecified atom stereocenters. The zero-order valence-corrected chi connectivity index (χ0v) is 25.4. The van der Waals surface area contributed by atoms with Crippen molar-refractivity contribution in [1.82, 2.24) is 25.5 Å². The van der Waals surface area contributed by atoms with Crippen molar-refractivity contribution >= 4 is 33.6 Å². The van der Waals surface area contributed by atoms with Gasteiger partial charge in [0, 0.05) is 66.8 Å². The van der Waals surface area contributed by atoms with Crippen LogP contribution in [0.5, 0.6) is 11.5 Å². The van der Waals surface area contributed by atoms with Crippen LogP contribution in [0.25, 0.3) is 21.8 Å². The first-order valence-corrected chi connectivity index (χ1v) is 14.9. The molecule has 0 fully saturated rings. The highest BCUT2D eigenvalue weighted by Crippen LogP contribution is 2.44. The molecular weight excluding hydrogens is 573 g/mol. The molecule has 0 saturated heterocycles. The Morgan fingerprint density at radius 2 is 1.62 bits per heavy atom. The minimum atomic E-state index is -1.62. The number of rotatable bonds is 10. The fourth-order valence-corrected chi connectivity index (χ4v) is 6.48. The van der Waals surface area contributed by atoms with E-state index in [0.29, 0.717) is 42.0 Å². The van der Waals surface area contributed by atoms with Gasteiger partial charge in [0.15, 0.2) is 5.66 Å².